The number of nitrogens with zero attached hydrogens (tertiary/aromatic N) is 5. The number of azo groups is 1. The van der Waals surface area contributed by atoms with Crippen LogP contribution in [0.15, 0.2) is 63.2 Å². The standard InChI is InChI=1S/C40H53N5O11S/c1-5-7-9-30(39(48)49)24-36(46)55-21-19-53-16-14-45(13-15-52-17-18-54-20-22-56-37(47)25-31(40(50)51)10-8-6-2)32-11-12-34(28(3)23-32)43-44-38-33(26-41)29(4)35(27-42)57-38/h5-8,11-12,23,30-31,33,38H,9-10,13-22,24-25H2,1-4H3,(H,48,49)(H,50,51)/b7-5+,8-6+,44-43+. The van der Waals surface area contributed by atoms with Crippen LogP contribution in [0.1, 0.15) is 52.0 Å². The first kappa shape index (κ1) is 48.1. The van der Waals surface area contributed by atoms with Crippen molar-refractivity contribution in [2.75, 3.05) is 70.8 Å². The first-order valence-electron chi connectivity index (χ1n) is 18.6. The number of carbonyl (C=O) groups excluding carboxylic acids is 2. The van der Waals surface area contributed by atoms with Crippen LogP contribution < -0.4 is 4.90 Å². The number of anilines is 1. The van der Waals surface area contributed by atoms with Gasteiger partial charge in [0, 0.05) is 18.8 Å². The minimum Gasteiger partial charge on any atom is -0.481 e. The minimum atomic E-state index is -1.06. The maximum Gasteiger partial charge on any atom is 0.307 e. The molecule has 0 spiro atoms. The molecule has 0 bridgehead atoms. The van der Waals surface area contributed by atoms with Crippen LogP contribution in [0, 0.1) is 47.3 Å². The number of aryl methyl sites for hydroxylation is 1. The van der Waals surface area contributed by atoms with Crippen LogP contribution in [0.4, 0.5) is 11.4 Å². The summed E-state index contributed by atoms with van der Waals surface area (Å²) in [7, 11) is 0. The highest BCUT2D eigenvalue weighted by Gasteiger charge is 2.34. The Hall–Kier alpha value is -5.07. The fourth-order valence-electron chi connectivity index (χ4n) is 5.31. The minimum absolute atomic E-state index is 0.00801. The van der Waals surface area contributed by atoms with Crippen molar-refractivity contribution in [3.8, 4) is 12.1 Å². The molecule has 4 unspecified atom stereocenters. The zero-order chi connectivity index (χ0) is 42.0. The quantitative estimate of drug-likeness (QED) is 0.0419. The Morgan fingerprint density at radius 2 is 1.33 bits per heavy atom. The van der Waals surface area contributed by atoms with Gasteiger partial charge in [-0.05, 0) is 69.9 Å². The average molecular weight is 812 g/mol. The van der Waals surface area contributed by atoms with E-state index in [4.69, 9.17) is 23.7 Å². The van der Waals surface area contributed by atoms with E-state index in [1.165, 1.54) is 11.8 Å². The summed E-state index contributed by atoms with van der Waals surface area (Å²) in [6, 6.07) is 9.98. The number of carboxylic acid groups (broad SMARTS) is 2. The predicted octanol–water partition coefficient (Wildman–Crippen LogP) is 6.15. The molecule has 16 nitrogen and oxygen atoms in total. The van der Waals surface area contributed by atoms with E-state index >= 15 is 0 Å². The molecule has 0 radical (unpaired) electrons. The summed E-state index contributed by atoms with van der Waals surface area (Å²) >= 11 is 1.23. The van der Waals surface area contributed by atoms with E-state index in [0.29, 0.717) is 35.9 Å². The molecule has 0 amide bonds. The summed E-state index contributed by atoms with van der Waals surface area (Å²) in [5.74, 6) is -5.56. The molecule has 2 N–H and O–H groups in total. The summed E-state index contributed by atoms with van der Waals surface area (Å²) in [4.78, 5) is 49.5. The van der Waals surface area contributed by atoms with E-state index in [2.05, 4.69) is 22.4 Å². The predicted molar refractivity (Wildman–Crippen MR) is 211 cm³/mol. The van der Waals surface area contributed by atoms with Gasteiger partial charge < -0.3 is 38.8 Å². The number of thioether (sulfide) groups is 1. The second-order valence-corrected chi connectivity index (χ2v) is 13.9. The molecular formula is C40H53N5O11S. The molecule has 0 fully saturated rings. The second-order valence-electron chi connectivity index (χ2n) is 12.8. The van der Waals surface area contributed by atoms with Gasteiger partial charge in [-0.1, -0.05) is 36.1 Å². The van der Waals surface area contributed by atoms with Crippen LogP contribution in [0.2, 0.25) is 0 Å². The van der Waals surface area contributed by atoms with Crippen molar-refractivity contribution in [1.29, 1.82) is 10.5 Å². The SMILES string of the molecule is C/C=C/CC(CC(=O)OCCOCCOCCN(CCOCCOC(=O)CC(C/C=C/C)C(=O)O)c1ccc(/N=N/C2SC(C#N)=C(C)C2C#N)c(C)c1)C(=O)O. The molecule has 1 aromatic rings. The van der Waals surface area contributed by atoms with Gasteiger partial charge in [0.05, 0.1) is 81.0 Å². The normalized spacial score (nSPS) is 16.5. The van der Waals surface area contributed by atoms with Gasteiger partial charge in [0.2, 0.25) is 0 Å². The monoisotopic (exact) mass is 811 g/mol. The number of hydrogen-bond donors (Lipinski definition) is 2. The zero-order valence-corrected chi connectivity index (χ0v) is 33.8. The molecule has 4 atom stereocenters. The van der Waals surface area contributed by atoms with E-state index in [1.54, 1.807) is 45.1 Å². The number of esters is 2. The van der Waals surface area contributed by atoms with Crippen molar-refractivity contribution in [3.63, 3.8) is 0 Å². The smallest absolute Gasteiger partial charge is 0.307 e. The van der Waals surface area contributed by atoms with Gasteiger partial charge >= 0.3 is 23.9 Å². The maximum absolute atomic E-state index is 12.2. The lowest BCUT2D eigenvalue weighted by Gasteiger charge is -2.25. The number of aliphatic carboxylic acids is 2. The molecule has 1 aliphatic heterocycles. The van der Waals surface area contributed by atoms with Crippen molar-refractivity contribution in [3.05, 3.63) is 58.5 Å². The van der Waals surface area contributed by atoms with Crippen molar-refractivity contribution in [1.82, 2.24) is 0 Å². The van der Waals surface area contributed by atoms with Gasteiger partial charge in [0.1, 0.15) is 30.6 Å². The third kappa shape index (κ3) is 18.2. The van der Waals surface area contributed by atoms with Gasteiger partial charge in [0.25, 0.3) is 0 Å². The van der Waals surface area contributed by atoms with Crippen LogP contribution in [0.5, 0.6) is 0 Å². The third-order valence-corrected chi connectivity index (χ3v) is 9.87. The molecule has 1 aliphatic rings. The zero-order valence-electron chi connectivity index (χ0n) is 33.0. The number of allylic oxidation sites excluding steroid dienone is 5. The van der Waals surface area contributed by atoms with Crippen LogP contribution >= 0.6 is 11.8 Å². The highest BCUT2D eigenvalue weighted by Crippen LogP contribution is 2.42. The Morgan fingerprint density at radius 3 is 1.79 bits per heavy atom. The Morgan fingerprint density at radius 1 is 0.825 bits per heavy atom. The highest BCUT2D eigenvalue weighted by atomic mass is 32.2. The summed E-state index contributed by atoms with van der Waals surface area (Å²) in [5, 5.41) is 45.9. The first-order valence-corrected chi connectivity index (χ1v) is 19.5. The molecule has 2 rings (SSSR count). The average Bonchev–Trinajstić information content (AvgIpc) is 3.50. The van der Waals surface area contributed by atoms with Crippen LogP contribution in [0.25, 0.3) is 0 Å². The molecule has 17 heteroatoms. The van der Waals surface area contributed by atoms with Crippen molar-refractivity contribution in [2.24, 2.45) is 28.0 Å². The molecule has 57 heavy (non-hydrogen) atoms. The molecule has 1 heterocycles. The topological polar surface area (TPSA) is 230 Å². The molecular weight excluding hydrogens is 759 g/mol. The number of hydrogen-bond acceptors (Lipinski definition) is 15. The lowest BCUT2D eigenvalue weighted by molar-refractivity contribution is -0.152. The Kier molecular flexibility index (Phi) is 23.2. The first-order chi connectivity index (χ1) is 27.4. The number of carboxylic acids is 2. The van der Waals surface area contributed by atoms with Gasteiger partial charge in [-0.2, -0.15) is 20.8 Å². The number of nitriles is 2. The lowest BCUT2D eigenvalue weighted by atomic mass is 10.0. The number of carbonyl (C=O) groups is 4. The van der Waals surface area contributed by atoms with Crippen molar-refractivity contribution in [2.45, 2.75) is 58.8 Å². The number of ether oxygens (including phenoxy) is 5. The number of benzene rings is 1. The van der Waals surface area contributed by atoms with E-state index in [0.717, 1.165) is 11.3 Å². The summed E-state index contributed by atoms with van der Waals surface area (Å²) in [6.07, 6.45) is 6.88. The molecule has 0 saturated carbocycles. The molecule has 0 aliphatic carbocycles. The second kappa shape index (κ2) is 27.5. The summed E-state index contributed by atoms with van der Waals surface area (Å²) in [5.41, 5.74) is 3.00. The summed E-state index contributed by atoms with van der Waals surface area (Å²) in [6.45, 7) is 9.48. The van der Waals surface area contributed by atoms with Gasteiger partial charge in [0.15, 0.2) is 0 Å². The molecule has 310 valence electrons. The van der Waals surface area contributed by atoms with E-state index < -0.39 is 47.0 Å². The molecule has 0 saturated heterocycles. The largest absolute Gasteiger partial charge is 0.481 e. The number of rotatable bonds is 28. The summed E-state index contributed by atoms with van der Waals surface area (Å²) < 4.78 is 27.3. The van der Waals surface area contributed by atoms with Gasteiger partial charge in [-0.25, -0.2) is 0 Å². The van der Waals surface area contributed by atoms with Gasteiger partial charge in [-0.15, -0.1) is 0 Å². The van der Waals surface area contributed by atoms with Crippen molar-refractivity contribution < 1.29 is 53.1 Å². The maximum atomic E-state index is 12.2. The fourth-order valence-corrected chi connectivity index (χ4v) is 6.41. The third-order valence-electron chi connectivity index (χ3n) is 8.62. The van der Waals surface area contributed by atoms with Crippen LogP contribution in [-0.4, -0.2) is 105 Å². The van der Waals surface area contributed by atoms with Gasteiger partial charge in [-0.3, -0.25) is 19.2 Å². The molecule has 1 aromatic carbocycles. The Bertz CT molecular complexity index is 1680. The van der Waals surface area contributed by atoms with Crippen molar-refractivity contribution >= 4 is 47.0 Å². The lowest BCUT2D eigenvalue weighted by Crippen LogP contribution is -2.31. The fraction of sp³-hybridized carbons (Fsp3) is 0.550. The van der Waals surface area contributed by atoms with E-state index in [9.17, 15) is 39.9 Å². The highest BCUT2D eigenvalue weighted by molar-refractivity contribution is 8.04. The Balaban J connectivity index is 1.90. The molecule has 0 aromatic heterocycles. The Labute approximate surface area is 338 Å². The van der Waals surface area contributed by atoms with E-state index in [1.807, 2.05) is 30.0 Å². The van der Waals surface area contributed by atoms with E-state index in [-0.39, 0.29) is 71.9 Å². The van der Waals surface area contributed by atoms with Crippen LogP contribution in [0.3, 0.4) is 0 Å². The van der Waals surface area contributed by atoms with Crippen LogP contribution in [-0.2, 0) is 42.9 Å².